The fourth-order valence-electron chi connectivity index (χ4n) is 3.47. The van der Waals surface area contributed by atoms with Crippen LogP contribution < -0.4 is 0 Å². The number of rotatable bonds is 4. The predicted molar refractivity (Wildman–Crippen MR) is 94.5 cm³/mol. The Morgan fingerprint density at radius 2 is 2.12 bits per heavy atom. The largest absolute Gasteiger partial charge is 0.396 e. The highest BCUT2D eigenvalue weighted by atomic mass is 35.5. The SMILES string of the molecule is CN(CC1(CO)CCOCC1)C(=O)c1cc2c(Cl)cccc2n1C. The Morgan fingerprint density at radius 1 is 1.42 bits per heavy atom. The first kappa shape index (κ1) is 17.3. The molecule has 6 heteroatoms. The topological polar surface area (TPSA) is 54.7 Å². The molecular formula is C18H23ClN2O3. The number of carbonyl (C=O) groups excluding carboxylic acids is 1. The van der Waals surface area contributed by atoms with Gasteiger partial charge in [0.25, 0.3) is 5.91 Å². The predicted octanol–water partition coefficient (Wildman–Crippen LogP) is 2.69. The van der Waals surface area contributed by atoms with Crippen molar-refractivity contribution in [1.29, 1.82) is 0 Å². The standard InChI is InChI=1S/C18H23ClN2O3/c1-20(11-18(12-22)6-8-24-9-7-18)17(23)16-10-13-14(19)4-3-5-15(13)21(16)2/h3-5,10,22H,6-9,11-12H2,1-2H3. The molecular weight excluding hydrogens is 328 g/mol. The van der Waals surface area contributed by atoms with Gasteiger partial charge in [0.15, 0.2) is 0 Å². The van der Waals surface area contributed by atoms with Crippen molar-refractivity contribution >= 4 is 28.4 Å². The summed E-state index contributed by atoms with van der Waals surface area (Å²) >= 11 is 6.24. The number of ether oxygens (including phenoxy) is 1. The van der Waals surface area contributed by atoms with Crippen LogP contribution in [0.25, 0.3) is 10.9 Å². The van der Waals surface area contributed by atoms with Gasteiger partial charge in [-0.15, -0.1) is 0 Å². The molecule has 0 saturated carbocycles. The molecule has 1 aliphatic rings. The number of aryl methyl sites for hydroxylation is 1. The number of nitrogens with zero attached hydrogens (tertiary/aromatic N) is 2. The molecule has 1 fully saturated rings. The van der Waals surface area contributed by atoms with Crippen LogP contribution in [0.1, 0.15) is 23.3 Å². The molecule has 130 valence electrons. The number of halogens is 1. The number of aliphatic hydroxyl groups excluding tert-OH is 1. The van der Waals surface area contributed by atoms with Gasteiger partial charge in [-0.05, 0) is 31.0 Å². The minimum atomic E-state index is -0.273. The highest BCUT2D eigenvalue weighted by Crippen LogP contribution is 2.32. The fourth-order valence-corrected chi connectivity index (χ4v) is 3.69. The number of amides is 1. The maximum absolute atomic E-state index is 12.9. The molecule has 0 radical (unpaired) electrons. The van der Waals surface area contributed by atoms with Crippen LogP contribution in [0.15, 0.2) is 24.3 Å². The second kappa shape index (κ2) is 6.75. The van der Waals surface area contributed by atoms with Gasteiger partial charge >= 0.3 is 0 Å². The summed E-state index contributed by atoms with van der Waals surface area (Å²) < 4.78 is 7.26. The van der Waals surface area contributed by atoms with Gasteiger partial charge in [-0.2, -0.15) is 0 Å². The lowest BCUT2D eigenvalue weighted by Gasteiger charge is -2.38. The number of hydrogen-bond acceptors (Lipinski definition) is 3. The second-order valence-corrected chi connectivity index (χ2v) is 7.10. The maximum Gasteiger partial charge on any atom is 0.270 e. The molecule has 1 N–H and O–H groups in total. The Morgan fingerprint density at radius 3 is 2.75 bits per heavy atom. The van der Waals surface area contributed by atoms with E-state index in [9.17, 15) is 9.90 Å². The van der Waals surface area contributed by atoms with Crippen molar-refractivity contribution < 1.29 is 14.6 Å². The van der Waals surface area contributed by atoms with Crippen LogP contribution in [0.2, 0.25) is 5.02 Å². The lowest BCUT2D eigenvalue weighted by atomic mass is 9.80. The maximum atomic E-state index is 12.9. The van der Waals surface area contributed by atoms with Crippen molar-refractivity contribution in [2.75, 3.05) is 33.4 Å². The summed E-state index contributed by atoms with van der Waals surface area (Å²) in [6, 6.07) is 7.49. The van der Waals surface area contributed by atoms with Gasteiger partial charge in [-0.1, -0.05) is 17.7 Å². The lowest BCUT2D eigenvalue weighted by molar-refractivity contribution is -0.0283. The van der Waals surface area contributed by atoms with Crippen LogP contribution >= 0.6 is 11.6 Å². The monoisotopic (exact) mass is 350 g/mol. The van der Waals surface area contributed by atoms with Crippen molar-refractivity contribution in [2.24, 2.45) is 12.5 Å². The van der Waals surface area contributed by atoms with Crippen LogP contribution in [-0.4, -0.2) is 53.9 Å². The van der Waals surface area contributed by atoms with E-state index in [2.05, 4.69) is 0 Å². The van der Waals surface area contributed by atoms with Crippen molar-refractivity contribution in [1.82, 2.24) is 9.47 Å². The van der Waals surface area contributed by atoms with Crippen molar-refractivity contribution in [2.45, 2.75) is 12.8 Å². The molecule has 24 heavy (non-hydrogen) atoms. The molecule has 0 unspecified atom stereocenters. The molecule has 1 aromatic carbocycles. The number of aliphatic hydroxyl groups is 1. The fraction of sp³-hybridized carbons (Fsp3) is 0.500. The number of carbonyl (C=O) groups is 1. The van der Waals surface area contributed by atoms with Gasteiger partial charge in [-0.25, -0.2) is 0 Å². The highest BCUT2D eigenvalue weighted by molar-refractivity contribution is 6.35. The molecule has 1 amide bonds. The average Bonchev–Trinajstić information content (AvgIpc) is 2.93. The first-order valence-electron chi connectivity index (χ1n) is 8.15. The van der Waals surface area contributed by atoms with E-state index < -0.39 is 0 Å². The van der Waals surface area contributed by atoms with E-state index in [1.165, 1.54) is 0 Å². The third-order valence-corrected chi connectivity index (χ3v) is 5.39. The Hall–Kier alpha value is -1.56. The summed E-state index contributed by atoms with van der Waals surface area (Å²) in [5.74, 6) is -0.0657. The van der Waals surface area contributed by atoms with Gasteiger partial charge in [0.2, 0.25) is 0 Å². The molecule has 1 aromatic heterocycles. The summed E-state index contributed by atoms with van der Waals surface area (Å²) in [5, 5.41) is 11.3. The minimum Gasteiger partial charge on any atom is -0.396 e. The Balaban J connectivity index is 1.86. The number of aromatic nitrogens is 1. The zero-order valence-electron chi connectivity index (χ0n) is 14.1. The van der Waals surface area contributed by atoms with Crippen LogP contribution in [0, 0.1) is 5.41 Å². The van der Waals surface area contributed by atoms with E-state index in [0.29, 0.717) is 30.5 Å². The van der Waals surface area contributed by atoms with Gasteiger partial charge < -0.3 is 19.3 Å². The van der Waals surface area contributed by atoms with Crippen LogP contribution in [0.4, 0.5) is 0 Å². The number of hydrogen-bond donors (Lipinski definition) is 1. The average molecular weight is 351 g/mol. The first-order chi connectivity index (χ1) is 11.5. The third-order valence-electron chi connectivity index (χ3n) is 5.06. The van der Waals surface area contributed by atoms with Crippen molar-refractivity contribution in [3.8, 4) is 0 Å². The van der Waals surface area contributed by atoms with Crippen LogP contribution in [-0.2, 0) is 11.8 Å². The first-order valence-corrected chi connectivity index (χ1v) is 8.53. The summed E-state index contributed by atoms with van der Waals surface area (Å²) in [6.07, 6.45) is 1.53. The molecule has 0 aliphatic carbocycles. The number of benzene rings is 1. The Kier molecular flexibility index (Phi) is 4.85. The van der Waals surface area contributed by atoms with Crippen LogP contribution in [0.5, 0.6) is 0 Å². The van der Waals surface area contributed by atoms with E-state index in [1.54, 1.807) is 11.9 Å². The third kappa shape index (κ3) is 3.04. The summed E-state index contributed by atoms with van der Waals surface area (Å²) in [4.78, 5) is 14.6. The molecule has 0 bridgehead atoms. The molecule has 1 saturated heterocycles. The minimum absolute atomic E-state index is 0.0644. The van der Waals surface area contributed by atoms with E-state index in [-0.39, 0.29) is 17.9 Å². The van der Waals surface area contributed by atoms with Crippen molar-refractivity contribution in [3.63, 3.8) is 0 Å². The molecule has 1 aliphatic heterocycles. The van der Waals surface area contributed by atoms with Gasteiger partial charge in [0, 0.05) is 55.2 Å². The van der Waals surface area contributed by atoms with Gasteiger partial charge in [0.05, 0.1) is 6.61 Å². The van der Waals surface area contributed by atoms with Crippen molar-refractivity contribution in [3.05, 3.63) is 35.0 Å². The smallest absolute Gasteiger partial charge is 0.270 e. The number of fused-ring (bicyclic) bond motifs is 1. The van der Waals surface area contributed by atoms with E-state index >= 15 is 0 Å². The molecule has 2 heterocycles. The van der Waals surface area contributed by atoms with E-state index in [4.69, 9.17) is 16.3 Å². The summed E-state index contributed by atoms with van der Waals surface area (Å²) in [7, 11) is 3.66. The Labute approximate surface area is 146 Å². The summed E-state index contributed by atoms with van der Waals surface area (Å²) in [6.45, 7) is 1.84. The Bertz CT molecular complexity index is 750. The highest BCUT2D eigenvalue weighted by Gasteiger charge is 2.35. The normalized spacial score (nSPS) is 17.2. The molecule has 2 aromatic rings. The quantitative estimate of drug-likeness (QED) is 0.922. The molecule has 0 spiro atoms. The van der Waals surface area contributed by atoms with Crippen LogP contribution in [0.3, 0.4) is 0 Å². The van der Waals surface area contributed by atoms with E-state index in [0.717, 1.165) is 23.7 Å². The molecule has 0 atom stereocenters. The molecule has 3 rings (SSSR count). The zero-order valence-corrected chi connectivity index (χ0v) is 14.8. The van der Waals surface area contributed by atoms with Gasteiger partial charge in [0.1, 0.15) is 5.69 Å². The second-order valence-electron chi connectivity index (χ2n) is 6.69. The summed E-state index contributed by atoms with van der Waals surface area (Å²) in [5.41, 5.74) is 1.26. The van der Waals surface area contributed by atoms with Gasteiger partial charge in [-0.3, -0.25) is 4.79 Å². The van der Waals surface area contributed by atoms with E-state index in [1.807, 2.05) is 35.9 Å². The molecule has 5 nitrogen and oxygen atoms in total. The lowest BCUT2D eigenvalue weighted by Crippen LogP contribution is -2.44. The zero-order chi connectivity index (χ0) is 17.3.